The van der Waals surface area contributed by atoms with Gasteiger partial charge in [-0.05, 0) is 5.56 Å². The first-order valence-corrected chi connectivity index (χ1v) is 5.27. The Morgan fingerprint density at radius 1 is 1.35 bits per heavy atom. The highest BCUT2D eigenvalue weighted by Crippen LogP contribution is 2.01. The fraction of sp³-hybridized carbons (Fsp3) is 0.333. The summed E-state index contributed by atoms with van der Waals surface area (Å²) in [7, 11) is 1.28. The number of carbonyl (C=O) groups excluding carboxylic acids is 2. The van der Waals surface area contributed by atoms with Gasteiger partial charge in [0.2, 0.25) is 5.91 Å². The molecule has 5 heteroatoms. The Hall–Kier alpha value is -1.88. The first kappa shape index (κ1) is 13.2. The molecule has 1 aromatic rings. The molecule has 0 aliphatic heterocycles. The van der Waals surface area contributed by atoms with Crippen molar-refractivity contribution in [1.29, 1.82) is 0 Å². The zero-order chi connectivity index (χ0) is 12.7. The molecular formula is C12H16N2O3. The number of benzene rings is 1. The Kier molecular flexibility index (Phi) is 5.16. The number of hydrogen-bond acceptors (Lipinski definition) is 4. The molecule has 0 aromatic heterocycles. The van der Waals surface area contributed by atoms with Crippen LogP contribution >= 0.6 is 0 Å². The molecule has 1 atom stereocenters. The molecule has 3 N–H and O–H groups in total. The van der Waals surface area contributed by atoms with Crippen LogP contribution in [0.15, 0.2) is 30.3 Å². The van der Waals surface area contributed by atoms with Crippen molar-refractivity contribution < 1.29 is 14.3 Å². The van der Waals surface area contributed by atoms with Gasteiger partial charge in [0.1, 0.15) is 6.04 Å². The van der Waals surface area contributed by atoms with Gasteiger partial charge >= 0.3 is 5.97 Å². The Morgan fingerprint density at radius 3 is 2.53 bits per heavy atom. The highest BCUT2D eigenvalue weighted by atomic mass is 16.5. The van der Waals surface area contributed by atoms with Gasteiger partial charge in [0.05, 0.1) is 13.5 Å². The summed E-state index contributed by atoms with van der Waals surface area (Å²) in [5, 5.41) is 2.94. The van der Waals surface area contributed by atoms with E-state index < -0.39 is 17.9 Å². The number of esters is 1. The van der Waals surface area contributed by atoms with Crippen LogP contribution < -0.4 is 11.1 Å². The van der Waals surface area contributed by atoms with Crippen molar-refractivity contribution >= 4 is 11.9 Å². The van der Waals surface area contributed by atoms with E-state index in [0.29, 0.717) is 6.54 Å². The molecule has 0 bridgehead atoms. The summed E-state index contributed by atoms with van der Waals surface area (Å²) in [5.41, 5.74) is 6.09. The molecule has 0 saturated heterocycles. The van der Waals surface area contributed by atoms with Crippen molar-refractivity contribution in [1.82, 2.24) is 5.32 Å². The highest BCUT2D eigenvalue weighted by molar-refractivity contribution is 5.84. The van der Waals surface area contributed by atoms with Crippen LogP contribution in [0.25, 0.3) is 0 Å². The molecule has 0 spiro atoms. The fourth-order valence-electron chi connectivity index (χ4n) is 1.42. The maximum Gasteiger partial charge on any atom is 0.323 e. The first-order valence-electron chi connectivity index (χ1n) is 5.27. The lowest BCUT2D eigenvalue weighted by molar-refractivity contribution is -0.144. The maximum atomic E-state index is 11.4. The zero-order valence-electron chi connectivity index (χ0n) is 9.68. The molecule has 1 amide bonds. The summed E-state index contributed by atoms with van der Waals surface area (Å²) >= 11 is 0. The molecule has 1 rings (SSSR count). The number of primary amides is 1. The Balaban J connectivity index is 2.55. The molecule has 5 nitrogen and oxygen atoms in total. The summed E-state index contributed by atoms with van der Waals surface area (Å²) in [6, 6.07) is 8.86. The second-order valence-corrected chi connectivity index (χ2v) is 3.61. The van der Waals surface area contributed by atoms with Crippen LogP contribution in [0.2, 0.25) is 0 Å². The van der Waals surface area contributed by atoms with Crippen molar-refractivity contribution in [3.8, 4) is 0 Å². The van der Waals surface area contributed by atoms with Crippen LogP contribution in [0.5, 0.6) is 0 Å². The normalized spacial score (nSPS) is 11.8. The van der Waals surface area contributed by atoms with Gasteiger partial charge in [-0.1, -0.05) is 30.3 Å². The van der Waals surface area contributed by atoms with Crippen molar-refractivity contribution in [3.05, 3.63) is 35.9 Å². The Bertz CT molecular complexity index is 379. The number of ether oxygens (including phenoxy) is 1. The number of methoxy groups -OCH3 is 1. The molecule has 0 fully saturated rings. The minimum absolute atomic E-state index is 0.0699. The molecular weight excluding hydrogens is 220 g/mol. The third-order valence-corrected chi connectivity index (χ3v) is 2.29. The Morgan fingerprint density at radius 2 is 2.00 bits per heavy atom. The molecule has 0 saturated carbocycles. The molecule has 1 unspecified atom stereocenters. The monoisotopic (exact) mass is 236 g/mol. The second kappa shape index (κ2) is 6.65. The van der Waals surface area contributed by atoms with Crippen molar-refractivity contribution in [3.63, 3.8) is 0 Å². The van der Waals surface area contributed by atoms with E-state index in [1.54, 1.807) is 0 Å². The third kappa shape index (κ3) is 4.65. The minimum Gasteiger partial charge on any atom is -0.468 e. The van der Waals surface area contributed by atoms with E-state index in [0.717, 1.165) is 5.56 Å². The number of carbonyl (C=O) groups is 2. The number of amides is 1. The summed E-state index contributed by atoms with van der Waals surface area (Å²) in [4.78, 5) is 22.2. The van der Waals surface area contributed by atoms with Gasteiger partial charge in [0, 0.05) is 6.54 Å². The number of hydrogen-bond donors (Lipinski definition) is 2. The van der Waals surface area contributed by atoms with Gasteiger partial charge in [0.25, 0.3) is 0 Å². The molecule has 1 aromatic carbocycles. The Labute approximate surface area is 99.9 Å². The van der Waals surface area contributed by atoms with Crippen LogP contribution in [0.3, 0.4) is 0 Å². The molecule has 0 radical (unpaired) electrons. The standard InChI is InChI=1S/C12H16N2O3/c1-17-12(16)10(7-11(13)15)14-8-9-5-3-2-4-6-9/h2-6,10,14H,7-8H2,1H3,(H2,13,15). The number of nitrogens with one attached hydrogen (secondary N) is 1. The summed E-state index contributed by atoms with van der Waals surface area (Å²) < 4.78 is 4.59. The second-order valence-electron chi connectivity index (χ2n) is 3.61. The smallest absolute Gasteiger partial charge is 0.323 e. The van der Waals surface area contributed by atoms with Gasteiger partial charge < -0.3 is 10.5 Å². The van der Waals surface area contributed by atoms with Gasteiger partial charge in [-0.15, -0.1) is 0 Å². The van der Waals surface area contributed by atoms with Crippen LogP contribution in [0, 0.1) is 0 Å². The number of nitrogens with two attached hydrogens (primary N) is 1. The van der Waals surface area contributed by atoms with Crippen LogP contribution in [0.1, 0.15) is 12.0 Å². The number of rotatable bonds is 6. The van der Waals surface area contributed by atoms with Gasteiger partial charge in [-0.2, -0.15) is 0 Å². The highest BCUT2D eigenvalue weighted by Gasteiger charge is 2.20. The minimum atomic E-state index is -0.697. The van der Waals surface area contributed by atoms with Gasteiger partial charge in [-0.3, -0.25) is 14.9 Å². The van der Waals surface area contributed by atoms with E-state index in [1.165, 1.54) is 7.11 Å². The summed E-state index contributed by atoms with van der Waals surface area (Å²) in [5.74, 6) is -1.03. The summed E-state index contributed by atoms with van der Waals surface area (Å²) in [6.07, 6.45) is -0.0699. The van der Waals surface area contributed by atoms with Gasteiger partial charge in [-0.25, -0.2) is 0 Å². The van der Waals surface area contributed by atoms with Crippen molar-refractivity contribution in [2.75, 3.05) is 7.11 Å². The van der Waals surface area contributed by atoms with Crippen LogP contribution in [0.4, 0.5) is 0 Å². The SMILES string of the molecule is COC(=O)C(CC(N)=O)NCc1ccccc1. The average Bonchev–Trinajstić information content (AvgIpc) is 2.34. The zero-order valence-corrected chi connectivity index (χ0v) is 9.68. The van der Waals surface area contributed by atoms with E-state index in [1.807, 2.05) is 30.3 Å². The summed E-state index contributed by atoms with van der Waals surface area (Å²) in [6.45, 7) is 0.480. The predicted molar refractivity (Wildman–Crippen MR) is 62.9 cm³/mol. The van der Waals surface area contributed by atoms with E-state index in [9.17, 15) is 9.59 Å². The average molecular weight is 236 g/mol. The first-order chi connectivity index (χ1) is 8.13. The van der Waals surface area contributed by atoms with Gasteiger partial charge in [0.15, 0.2) is 0 Å². The topological polar surface area (TPSA) is 81.4 Å². The fourth-order valence-corrected chi connectivity index (χ4v) is 1.42. The van der Waals surface area contributed by atoms with Crippen molar-refractivity contribution in [2.45, 2.75) is 19.0 Å². The lowest BCUT2D eigenvalue weighted by Crippen LogP contribution is -2.40. The molecule has 17 heavy (non-hydrogen) atoms. The molecule has 0 aliphatic carbocycles. The van der Waals surface area contributed by atoms with E-state index >= 15 is 0 Å². The maximum absolute atomic E-state index is 11.4. The van der Waals surface area contributed by atoms with E-state index in [2.05, 4.69) is 10.1 Å². The van der Waals surface area contributed by atoms with E-state index in [-0.39, 0.29) is 6.42 Å². The lowest BCUT2D eigenvalue weighted by Gasteiger charge is -2.14. The van der Waals surface area contributed by atoms with Crippen LogP contribution in [-0.4, -0.2) is 25.0 Å². The van der Waals surface area contributed by atoms with Crippen LogP contribution in [-0.2, 0) is 20.9 Å². The molecule has 92 valence electrons. The molecule has 0 heterocycles. The van der Waals surface area contributed by atoms with Crippen molar-refractivity contribution in [2.24, 2.45) is 5.73 Å². The quantitative estimate of drug-likeness (QED) is 0.691. The largest absolute Gasteiger partial charge is 0.468 e. The van der Waals surface area contributed by atoms with E-state index in [4.69, 9.17) is 5.73 Å². The third-order valence-electron chi connectivity index (χ3n) is 2.29. The predicted octanol–water partition coefficient (Wildman–Crippen LogP) is 0.193. The lowest BCUT2D eigenvalue weighted by atomic mass is 10.1. The molecule has 0 aliphatic rings.